The molecule has 31 heavy (non-hydrogen) atoms. The van der Waals surface area contributed by atoms with E-state index in [4.69, 9.17) is 4.74 Å². The Labute approximate surface area is 179 Å². The largest absolute Gasteiger partial charge is 0.393 e. The molecule has 2 aromatic rings. The number of fused-ring (bicyclic) bond motifs is 1. The minimum Gasteiger partial charge on any atom is -0.393 e. The molecule has 10 nitrogen and oxygen atoms in total. The predicted octanol–water partition coefficient (Wildman–Crippen LogP) is 1.25. The van der Waals surface area contributed by atoms with Gasteiger partial charge in [0.1, 0.15) is 5.60 Å². The second-order valence-electron chi connectivity index (χ2n) is 8.80. The van der Waals surface area contributed by atoms with Gasteiger partial charge in [-0.25, -0.2) is 9.37 Å². The van der Waals surface area contributed by atoms with Crippen LogP contribution in [-0.4, -0.2) is 73.7 Å². The number of ether oxygens (including phenoxy) is 1. The van der Waals surface area contributed by atoms with E-state index in [1.54, 1.807) is 20.8 Å². The number of carbonyl (C=O) groups excluding carboxylic acids is 1. The van der Waals surface area contributed by atoms with Crippen molar-refractivity contribution in [1.82, 2.24) is 19.5 Å². The van der Waals surface area contributed by atoms with Crippen molar-refractivity contribution >= 4 is 28.8 Å². The highest BCUT2D eigenvalue weighted by molar-refractivity contribution is 5.92. The van der Waals surface area contributed by atoms with Crippen LogP contribution < -0.4 is 10.2 Å². The Hall–Kier alpha value is -2.37. The highest BCUT2D eigenvalue weighted by Gasteiger charge is 2.54. The van der Waals surface area contributed by atoms with Crippen LogP contribution in [0, 0.1) is 11.8 Å². The molecule has 0 aromatic carbocycles. The fourth-order valence-electron chi connectivity index (χ4n) is 3.85. The van der Waals surface area contributed by atoms with E-state index < -0.39 is 37.1 Å². The molecule has 1 amide bonds. The number of carbonyl (C=O) groups is 1. The van der Waals surface area contributed by atoms with E-state index in [9.17, 15) is 15.0 Å². The van der Waals surface area contributed by atoms with Gasteiger partial charge in [-0.1, -0.05) is 20.8 Å². The molecule has 1 aliphatic heterocycles. The lowest BCUT2D eigenvalue weighted by Gasteiger charge is -2.28. The molecule has 1 saturated carbocycles. The van der Waals surface area contributed by atoms with E-state index in [0.717, 1.165) is 12.8 Å². The second kappa shape index (κ2) is 7.95. The molecule has 2 aliphatic rings. The number of hydrogen-bond acceptors (Lipinski definition) is 8. The third-order valence-electron chi connectivity index (χ3n) is 6.34. The maximum absolute atomic E-state index is 15.2. The van der Waals surface area contributed by atoms with Crippen molar-refractivity contribution in [1.29, 1.82) is 0 Å². The summed E-state index contributed by atoms with van der Waals surface area (Å²) in [6.07, 6.45) is 0.836. The lowest BCUT2D eigenvalue weighted by Crippen LogP contribution is -2.43. The summed E-state index contributed by atoms with van der Waals surface area (Å²) >= 11 is 0. The average molecular weight is 436 g/mol. The number of rotatable bonds is 7. The summed E-state index contributed by atoms with van der Waals surface area (Å²) in [6, 6.07) is 0.324. The van der Waals surface area contributed by atoms with Crippen molar-refractivity contribution in [2.75, 3.05) is 30.5 Å². The molecule has 3 N–H and O–H groups in total. The van der Waals surface area contributed by atoms with Crippen molar-refractivity contribution in [2.45, 2.75) is 57.7 Å². The highest BCUT2D eigenvalue weighted by Crippen LogP contribution is 2.44. The van der Waals surface area contributed by atoms with E-state index in [2.05, 4.69) is 20.3 Å². The van der Waals surface area contributed by atoms with E-state index in [0.29, 0.717) is 23.0 Å². The summed E-state index contributed by atoms with van der Waals surface area (Å²) in [6.45, 7) is 4.08. The van der Waals surface area contributed by atoms with Gasteiger partial charge in [0.05, 0.1) is 19.5 Å². The second-order valence-corrected chi connectivity index (χ2v) is 8.80. The molecule has 170 valence electrons. The standard InChI is InChI=1S/C20H29FN6O4/c1-10(2)17(30)25-19-23-15(26(4)12-5-6-12)14-16(24-19)27(9-22-14)18-13(21)11(3)20(7-28,8-29)31-18/h9-13,18,28-29H,5-8H2,1-4H3,(H,23,24,25,30)/t11-,13+,18+/m0/s1. The van der Waals surface area contributed by atoms with E-state index in [-0.39, 0.29) is 17.8 Å². The Morgan fingerprint density at radius 1 is 1.39 bits per heavy atom. The molecule has 3 atom stereocenters. The van der Waals surface area contributed by atoms with Gasteiger partial charge in [-0.05, 0) is 12.8 Å². The molecule has 2 fully saturated rings. The van der Waals surface area contributed by atoms with Crippen LogP contribution in [0.15, 0.2) is 6.33 Å². The van der Waals surface area contributed by atoms with Crippen LogP contribution >= 0.6 is 0 Å². The molecule has 1 aliphatic carbocycles. The molecular weight excluding hydrogens is 407 g/mol. The van der Waals surface area contributed by atoms with Gasteiger partial charge in [0.15, 0.2) is 29.4 Å². The molecule has 2 aromatic heterocycles. The van der Waals surface area contributed by atoms with E-state index in [1.807, 2.05) is 11.9 Å². The summed E-state index contributed by atoms with van der Waals surface area (Å²) in [5.41, 5.74) is -0.635. The Morgan fingerprint density at radius 3 is 2.61 bits per heavy atom. The maximum Gasteiger partial charge on any atom is 0.233 e. The number of imidazole rings is 1. The summed E-state index contributed by atoms with van der Waals surface area (Å²) in [5.74, 6) is -0.604. The molecule has 1 saturated heterocycles. The fourth-order valence-corrected chi connectivity index (χ4v) is 3.85. The molecule has 0 radical (unpaired) electrons. The van der Waals surface area contributed by atoms with Gasteiger partial charge >= 0.3 is 0 Å². The summed E-state index contributed by atoms with van der Waals surface area (Å²) in [7, 11) is 1.90. The molecule has 11 heteroatoms. The first-order valence-corrected chi connectivity index (χ1v) is 10.5. The van der Waals surface area contributed by atoms with Crippen LogP contribution in [0.5, 0.6) is 0 Å². The lowest BCUT2D eigenvalue weighted by atomic mass is 9.89. The number of alkyl halides is 1. The number of anilines is 2. The van der Waals surface area contributed by atoms with Gasteiger partial charge in [0.25, 0.3) is 0 Å². The van der Waals surface area contributed by atoms with Crippen LogP contribution in [0.25, 0.3) is 11.2 Å². The van der Waals surface area contributed by atoms with Crippen molar-refractivity contribution in [2.24, 2.45) is 11.8 Å². The number of aliphatic hydroxyl groups is 2. The van der Waals surface area contributed by atoms with Crippen LogP contribution in [0.3, 0.4) is 0 Å². The molecular formula is C20H29FN6O4. The summed E-state index contributed by atoms with van der Waals surface area (Å²) in [5, 5.41) is 22.2. The van der Waals surface area contributed by atoms with Crippen molar-refractivity contribution in [3.05, 3.63) is 6.33 Å². The Kier molecular flexibility index (Phi) is 5.61. The highest BCUT2D eigenvalue weighted by atomic mass is 19.1. The minimum atomic E-state index is -1.51. The third kappa shape index (κ3) is 3.64. The number of aromatic nitrogens is 4. The van der Waals surface area contributed by atoms with Gasteiger partial charge in [0, 0.05) is 24.9 Å². The Morgan fingerprint density at radius 2 is 2.06 bits per heavy atom. The van der Waals surface area contributed by atoms with Crippen LogP contribution in [0.2, 0.25) is 0 Å². The molecule has 4 rings (SSSR count). The number of amides is 1. The Bertz CT molecular complexity index is 974. The third-order valence-corrected chi connectivity index (χ3v) is 6.34. The zero-order valence-electron chi connectivity index (χ0n) is 18.1. The minimum absolute atomic E-state index is 0.104. The van der Waals surface area contributed by atoms with Crippen LogP contribution in [-0.2, 0) is 9.53 Å². The molecule has 0 bridgehead atoms. The summed E-state index contributed by atoms with van der Waals surface area (Å²) in [4.78, 5) is 27.6. The normalized spacial score (nSPS) is 25.4. The molecule has 0 spiro atoms. The number of halogens is 1. The van der Waals surface area contributed by atoms with Crippen molar-refractivity contribution < 1.29 is 24.1 Å². The van der Waals surface area contributed by atoms with Gasteiger partial charge in [-0.2, -0.15) is 9.97 Å². The van der Waals surface area contributed by atoms with Gasteiger partial charge in [-0.3, -0.25) is 14.7 Å². The maximum atomic E-state index is 15.2. The zero-order valence-corrected chi connectivity index (χ0v) is 18.1. The van der Waals surface area contributed by atoms with E-state index >= 15 is 4.39 Å². The first kappa shape index (κ1) is 21.8. The smallest absolute Gasteiger partial charge is 0.233 e. The molecule has 0 unspecified atom stereocenters. The molecule has 3 heterocycles. The fraction of sp³-hybridized carbons (Fsp3) is 0.700. The lowest BCUT2D eigenvalue weighted by molar-refractivity contribution is -0.134. The van der Waals surface area contributed by atoms with E-state index in [1.165, 1.54) is 10.9 Å². The van der Waals surface area contributed by atoms with Gasteiger partial charge in [0.2, 0.25) is 11.9 Å². The summed E-state index contributed by atoms with van der Waals surface area (Å²) < 4.78 is 22.5. The first-order valence-electron chi connectivity index (χ1n) is 10.5. The van der Waals surface area contributed by atoms with Gasteiger partial charge in [-0.15, -0.1) is 0 Å². The first-order chi connectivity index (χ1) is 14.7. The Balaban J connectivity index is 1.80. The van der Waals surface area contributed by atoms with Crippen LogP contribution in [0.1, 0.15) is 39.8 Å². The quantitative estimate of drug-likeness (QED) is 0.592. The van der Waals surface area contributed by atoms with Crippen LogP contribution in [0.4, 0.5) is 16.2 Å². The van der Waals surface area contributed by atoms with Crippen molar-refractivity contribution in [3.8, 4) is 0 Å². The number of hydrogen-bond donors (Lipinski definition) is 3. The monoisotopic (exact) mass is 436 g/mol. The van der Waals surface area contributed by atoms with Gasteiger partial charge < -0.3 is 19.8 Å². The average Bonchev–Trinajstić information content (AvgIpc) is 3.48. The van der Waals surface area contributed by atoms with Crippen molar-refractivity contribution in [3.63, 3.8) is 0 Å². The number of nitrogens with one attached hydrogen (secondary N) is 1. The number of nitrogens with zero attached hydrogens (tertiary/aromatic N) is 5. The topological polar surface area (TPSA) is 126 Å². The zero-order chi connectivity index (χ0) is 22.5. The predicted molar refractivity (Wildman–Crippen MR) is 111 cm³/mol. The SMILES string of the molecule is CC(C)C(=O)Nc1nc(N(C)C2CC2)c2ncn([C@@H]3OC(CO)(CO)[C@@H](C)[C@H]3F)c2n1. The number of aliphatic hydroxyl groups excluding tert-OH is 2.